The number of hydrogen-bond acceptors (Lipinski definition) is 2. The molecule has 1 aliphatic heterocycles. The smallest absolute Gasteiger partial charge is 0.189 e. The summed E-state index contributed by atoms with van der Waals surface area (Å²) in [6, 6.07) is 21.9. The molecule has 23 heavy (non-hydrogen) atoms. The fourth-order valence-electron chi connectivity index (χ4n) is 2.71. The van der Waals surface area contributed by atoms with Gasteiger partial charge in [-0.2, -0.15) is 0 Å². The van der Waals surface area contributed by atoms with Crippen molar-refractivity contribution in [3.05, 3.63) is 60.7 Å². The molecular formula is C20H24NOP. The molecule has 120 valence electrons. The monoisotopic (exact) mass is 325 g/mol. The minimum Gasteiger partial charge on any atom is -0.478 e. The third kappa shape index (κ3) is 4.00. The van der Waals surface area contributed by atoms with Gasteiger partial charge in [0, 0.05) is 11.6 Å². The predicted molar refractivity (Wildman–Crippen MR) is 101 cm³/mol. The standard InChI is InChI=1S/C20H24NOP/c1-20(2,3)19-21-16(14-22-19)15-23(17-10-6-4-7-11-17)18-12-8-5-9-13-18/h4-13,16H,14-15H2,1-3H3. The molecule has 3 heteroatoms. The summed E-state index contributed by atoms with van der Waals surface area (Å²) >= 11 is 0. The van der Waals surface area contributed by atoms with E-state index in [1.807, 2.05) is 0 Å². The van der Waals surface area contributed by atoms with Gasteiger partial charge in [0.2, 0.25) is 0 Å². The minimum absolute atomic E-state index is 0.00298. The molecule has 0 bridgehead atoms. The molecule has 0 aliphatic carbocycles. The summed E-state index contributed by atoms with van der Waals surface area (Å²) in [5.41, 5.74) is -0.00298. The highest BCUT2D eigenvalue weighted by Gasteiger charge is 2.30. The summed E-state index contributed by atoms with van der Waals surface area (Å²) in [7, 11) is -0.404. The van der Waals surface area contributed by atoms with Crippen LogP contribution < -0.4 is 10.6 Å². The highest BCUT2D eigenvalue weighted by Crippen LogP contribution is 2.36. The van der Waals surface area contributed by atoms with Crippen molar-refractivity contribution in [3.8, 4) is 0 Å². The summed E-state index contributed by atoms with van der Waals surface area (Å²) < 4.78 is 5.86. The van der Waals surface area contributed by atoms with E-state index in [-0.39, 0.29) is 11.5 Å². The van der Waals surface area contributed by atoms with E-state index in [1.165, 1.54) is 10.6 Å². The fourth-order valence-corrected chi connectivity index (χ4v) is 5.10. The molecule has 2 nitrogen and oxygen atoms in total. The molecule has 2 aromatic carbocycles. The Kier molecular flexibility index (Phi) is 4.82. The highest BCUT2D eigenvalue weighted by molar-refractivity contribution is 7.73. The van der Waals surface area contributed by atoms with E-state index in [0.29, 0.717) is 6.61 Å². The molecule has 0 spiro atoms. The van der Waals surface area contributed by atoms with Crippen LogP contribution in [-0.4, -0.2) is 24.7 Å². The van der Waals surface area contributed by atoms with Gasteiger partial charge in [0.15, 0.2) is 5.90 Å². The van der Waals surface area contributed by atoms with Gasteiger partial charge >= 0.3 is 0 Å². The minimum atomic E-state index is -0.404. The van der Waals surface area contributed by atoms with Gasteiger partial charge in [0.1, 0.15) is 6.61 Å². The molecule has 1 unspecified atom stereocenters. The van der Waals surface area contributed by atoms with Crippen LogP contribution in [0.5, 0.6) is 0 Å². The van der Waals surface area contributed by atoms with Crippen molar-refractivity contribution in [2.45, 2.75) is 26.8 Å². The zero-order chi connectivity index (χ0) is 16.3. The lowest BCUT2D eigenvalue weighted by molar-refractivity contribution is 0.287. The van der Waals surface area contributed by atoms with Crippen molar-refractivity contribution in [2.24, 2.45) is 10.4 Å². The second kappa shape index (κ2) is 6.84. The molecule has 1 atom stereocenters. The van der Waals surface area contributed by atoms with Crippen molar-refractivity contribution in [3.63, 3.8) is 0 Å². The van der Waals surface area contributed by atoms with Gasteiger partial charge in [-0.3, -0.25) is 0 Å². The van der Waals surface area contributed by atoms with Crippen LogP contribution in [0, 0.1) is 5.41 Å². The Labute approximate surface area is 140 Å². The number of rotatable bonds is 4. The zero-order valence-electron chi connectivity index (χ0n) is 14.1. The first-order valence-electron chi connectivity index (χ1n) is 8.13. The first-order valence-corrected chi connectivity index (χ1v) is 9.65. The molecule has 0 radical (unpaired) electrons. The summed E-state index contributed by atoms with van der Waals surface area (Å²) in [5, 5.41) is 2.82. The third-order valence-electron chi connectivity index (χ3n) is 3.88. The summed E-state index contributed by atoms with van der Waals surface area (Å²) in [4.78, 5) is 4.86. The highest BCUT2D eigenvalue weighted by atomic mass is 31.1. The predicted octanol–water partition coefficient (Wildman–Crippen LogP) is 3.96. The average Bonchev–Trinajstić information content (AvgIpc) is 3.03. The molecule has 0 N–H and O–H groups in total. The molecule has 1 heterocycles. The van der Waals surface area contributed by atoms with E-state index in [1.54, 1.807) is 0 Å². The Balaban J connectivity index is 1.85. The topological polar surface area (TPSA) is 21.6 Å². The maximum Gasteiger partial charge on any atom is 0.189 e. The van der Waals surface area contributed by atoms with E-state index in [0.717, 1.165) is 12.1 Å². The van der Waals surface area contributed by atoms with Gasteiger partial charge in [-0.15, -0.1) is 0 Å². The zero-order valence-corrected chi connectivity index (χ0v) is 15.0. The number of benzene rings is 2. The molecule has 3 rings (SSSR count). The third-order valence-corrected chi connectivity index (χ3v) is 6.51. The Hall–Kier alpha value is -1.66. The largest absolute Gasteiger partial charge is 0.478 e. The van der Waals surface area contributed by atoms with Crippen LogP contribution in [0.15, 0.2) is 65.7 Å². The number of hydrogen-bond donors (Lipinski definition) is 0. The molecule has 0 fully saturated rings. The van der Waals surface area contributed by atoms with Gasteiger partial charge in [0.25, 0.3) is 0 Å². The van der Waals surface area contributed by atoms with Crippen LogP contribution in [0.25, 0.3) is 0 Å². The fraction of sp³-hybridized carbons (Fsp3) is 0.350. The first-order chi connectivity index (χ1) is 11.0. The second-order valence-electron chi connectivity index (χ2n) is 6.93. The van der Waals surface area contributed by atoms with E-state index in [4.69, 9.17) is 9.73 Å². The van der Waals surface area contributed by atoms with Gasteiger partial charge in [-0.1, -0.05) is 81.4 Å². The van der Waals surface area contributed by atoms with Crippen LogP contribution in [0.1, 0.15) is 20.8 Å². The Morgan fingerprint density at radius 2 is 1.48 bits per heavy atom. The van der Waals surface area contributed by atoms with Crippen molar-refractivity contribution < 1.29 is 4.74 Å². The van der Waals surface area contributed by atoms with E-state index in [9.17, 15) is 0 Å². The molecule has 0 aromatic heterocycles. The molecule has 0 amide bonds. The van der Waals surface area contributed by atoms with Gasteiger partial charge in [-0.25, -0.2) is 4.99 Å². The molecular weight excluding hydrogens is 301 g/mol. The van der Waals surface area contributed by atoms with Crippen LogP contribution in [-0.2, 0) is 4.74 Å². The van der Waals surface area contributed by atoms with E-state index >= 15 is 0 Å². The molecule has 2 aromatic rings. The van der Waals surface area contributed by atoms with Crippen LogP contribution in [0.4, 0.5) is 0 Å². The number of aliphatic imine (C=N–C) groups is 1. The lowest BCUT2D eigenvalue weighted by Crippen LogP contribution is -2.21. The first kappa shape index (κ1) is 16.2. The van der Waals surface area contributed by atoms with Crippen molar-refractivity contribution in [1.29, 1.82) is 0 Å². The van der Waals surface area contributed by atoms with Crippen LogP contribution in [0.3, 0.4) is 0 Å². The quantitative estimate of drug-likeness (QED) is 0.780. The van der Waals surface area contributed by atoms with Gasteiger partial charge in [0.05, 0.1) is 6.04 Å². The lowest BCUT2D eigenvalue weighted by Gasteiger charge is -2.20. The Bertz CT molecular complexity index is 622. The van der Waals surface area contributed by atoms with Crippen molar-refractivity contribution in [2.75, 3.05) is 12.8 Å². The average molecular weight is 325 g/mol. The summed E-state index contributed by atoms with van der Waals surface area (Å²) in [6.45, 7) is 7.19. The molecule has 0 saturated heterocycles. The maximum absolute atomic E-state index is 5.86. The Morgan fingerprint density at radius 3 is 1.91 bits per heavy atom. The number of ether oxygens (including phenoxy) is 1. The van der Waals surface area contributed by atoms with Crippen LogP contribution >= 0.6 is 7.92 Å². The SMILES string of the molecule is CC(C)(C)C1=NC(CP(c2ccccc2)c2ccccc2)CO1. The molecule has 0 saturated carbocycles. The number of nitrogens with zero attached hydrogens (tertiary/aromatic N) is 1. The molecule has 1 aliphatic rings. The van der Waals surface area contributed by atoms with Crippen LogP contribution in [0.2, 0.25) is 0 Å². The van der Waals surface area contributed by atoms with Gasteiger partial charge < -0.3 is 4.74 Å². The van der Waals surface area contributed by atoms with E-state index in [2.05, 4.69) is 81.4 Å². The van der Waals surface area contributed by atoms with Crippen molar-refractivity contribution >= 4 is 24.4 Å². The Morgan fingerprint density at radius 1 is 0.957 bits per heavy atom. The lowest BCUT2D eigenvalue weighted by atomic mass is 9.97. The van der Waals surface area contributed by atoms with Crippen molar-refractivity contribution in [1.82, 2.24) is 0 Å². The van der Waals surface area contributed by atoms with Gasteiger partial charge in [-0.05, 0) is 18.5 Å². The van der Waals surface area contributed by atoms with E-state index < -0.39 is 7.92 Å². The second-order valence-corrected chi connectivity index (χ2v) is 9.18. The normalized spacial score (nSPS) is 17.9. The summed E-state index contributed by atoms with van der Waals surface area (Å²) in [6.07, 6.45) is 1.04. The summed E-state index contributed by atoms with van der Waals surface area (Å²) in [5.74, 6) is 0.901. The maximum atomic E-state index is 5.86.